The maximum atomic E-state index is 5.30. The number of hydrogen-bond acceptors (Lipinski definition) is 2. The molecule has 2 heteroatoms. The first-order valence-electron chi connectivity index (χ1n) is 6.18. The van der Waals surface area contributed by atoms with E-state index in [4.69, 9.17) is 4.74 Å². The Morgan fingerprint density at radius 1 is 1.36 bits per heavy atom. The maximum Gasteiger partial charge on any atom is 0.0477 e. The fraction of sp³-hybridized carbons (Fsp3) is 1.00. The SMILES string of the molecule is CCOCCCNC(CC)CC1CC1. The van der Waals surface area contributed by atoms with Gasteiger partial charge in [0.2, 0.25) is 0 Å². The molecule has 14 heavy (non-hydrogen) atoms. The Labute approximate surface area is 88.4 Å². The zero-order valence-corrected chi connectivity index (χ0v) is 9.72. The van der Waals surface area contributed by atoms with Gasteiger partial charge in [-0.15, -0.1) is 0 Å². The van der Waals surface area contributed by atoms with Gasteiger partial charge < -0.3 is 10.1 Å². The third-order valence-corrected chi connectivity index (χ3v) is 2.91. The molecule has 1 aliphatic carbocycles. The second-order valence-electron chi connectivity index (χ2n) is 4.29. The van der Waals surface area contributed by atoms with Crippen molar-refractivity contribution >= 4 is 0 Å². The monoisotopic (exact) mass is 199 g/mol. The lowest BCUT2D eigenvalue weighted by molar-refractivity contribution is 0.144. The average Bonchev–Trinajstić information content (AvgIpc) is 2.99. The molecule has 0 radical (unpaired) electrons. The van der Waals surface area contributed by atoms with Crippen molar-refractivity contribution in [1.29, 1.82) is 0 Å². The van der Waals surface area contributed by atoms with Crippen LogP contribution in [0.25, 0.3) is 0 Å². The Hall–Kier alpha value is -0.0800. The van der Waals surface area contributed by atoms with Crippen molar-refractivity contribution in [3.05, 3.63) is 0 Å². The zero-order chi connectivity index (χ0) is 10.2. The quantitative estimate of drug-likeness (QED) is 0.576. The van der Waals surface area contributed by atoms with E-state index in [0.29, 0.717) is 0 Å². The van der Waals surface area contributed by atoms with Crippen molar-refractivity contribution in [2.45, 2.75) is 52.0 Å². The molecule has 0 saturated heterocycles. The van der Waals surface area contributed by atoms with E-state index in [1.165, 1.54) is 25.7 Å². The van der Waals surface area contributed by atoms with Gasteiger partial charge in [-0.3, -0.25) is 0 Å². The number of nitrogens with one attached hydrogen (secondary N) is 1. The summed E-state index contributed by atoms with van der Waals surface area (Å²) in [6.45, 7) is 7.20. The summed E-state index contributed by atoms with van der Waals surface area (Å²) in [6, 6.07) is 0.754. The number of ether oxygens (including phenoxy) is 1. The molecule has 2 nitrogen and oxygen atoms in total. The first-order valence-corrected chi connectivity index (χ1v) is 6.18. The molecule has 1 unspecified atom stereocenters. The van der Waals surface area contributed by atoms with Crippen molar-refractivity contribution in [2.75, 3.05) is 19.8 Å². The third kappa shape index (κ3) is 5.61. The Kier molecular flexibility index (Phi) is 6.20. The Balaban J connectivity index is 1.90. The van der Waals surface area contributed by atoms with Gasteiger partial charge >= 0.3 is 0 Å². The largest absolute Gasteiger partial charge is 0.382 e. The molecule has 0 amide bonds. The summed E-state index contributed by atoms with van der Waals surface area (Å²) in [5, 5.41) is 3.62. The molecule has 0 aromatic rings. The third-order valence-electron chi connectivity index (χ3n) is 2.91. The lowest BCUT2D eigenvalue weighted by Crippen LogP contribution is -2.30. The van der Waals surface area contributed by atoms with Gasteiger partial charge in [0.15, 0.2) is 0 Å². The van der Waals surface area contributed by atoms with Crippen LogP contribution in [0.3, 0.4) is 0 Å². The van der Waals surface area contributed by atoms with Crippen LogP contribution >= 0.6 is 0 Å². The lowest BCUT2D eigenvalue weighted by Gasteiger charge is -2.16. The minimum absolute atomic E-state index is 0.754. The Morgan fingerprint density at radius 3 is 2.71 bits per heavy atom. The molecule has 0 bridgehead atoms. The van der Waals surface area contributed by atoms with Crippen LogP contribution in [0.5, 0.6) is 0 Å². The summed E-state index contributed by atoms with van der Waals surface area (Å²) in [7, 11) is 0. The fourth-order valence-electron chi connectivity index (χ4n) is 1.78. The van der Waals surface area contributed by atoms with Crippen LogP contribution in [0.1, 0.15) is 46.0 Å². The molecular formula is C12H25NO. The van der Waals surface area contributed by atoms with Crippen LogP contribution in [-0.2, 0) is 4.74 Å². The molecule has 0 aliphatic heterocycles. The molecular weight excluding hydrogens is 174 g/mol. The number of hydrogen-bond donors (Lipinski definition) is 1. The normalized spacial score (nSPS) is 18.4. The van der Waals surface area contributed by atoms with Crippen LogP contribution in [0.15, 0.2) is 0 Å². The zero-order valence-electron chi connectivity index (χ0n) is 9.72. The molecule has 0 heterocycles. The minimum atomic E-state index is 0.754. The molecule has 1 saturated carbocycles. The Morgan fingerprint density at radius 2 is 2.14 bits per heavy atom. The van der Waals surface area contributed by atoms with E-state index in [1.54, 1.807) is 0 Å². The summed E-state index contributed by atoms with van der Waals surface area (Å²) in [5.74, 6) is 1.04. The number of rotatable bonds is 9. The standard InChI is InChI=1S/C12H25NO/c1-3-12(10-11-6-7-11)13-8-5-9-14-4-2/h11-13H,3-10H2,1-2H3. The van der Waals surface area contributed by atoms with E-state index < -0.39 is 0 Å². The second kappa shape index (κ2) is 7.24. The van der Waals surface area contributed by atoms with Crippen LogP contribution < -0.4 is 5.32 Å². The van der Waals surface area contributed by atoms with E-state index in [2.05, 4.69) is 19.2 Å². The van der Waals surface area contributed by atoms with E-state index in [9.17, 15) is 0 Å². The van der Waals surface area contributed by atoms with Crippen LogP contribution in [-0.4, -0.2) is 25.8 Å². The van der Waals surface area contributed by atoms with Crippen molar-refractivity contribution in [1.82, 2.24) is 5.32 Å². The van der Waals surface area contributed by atoms with Crippen molar-refractivity contribution in [3.63, 3.8) is 0 Å². The summed E-state index contributed by atoms with van der Waals surface area (Å²) < 4.78 is 5.30. The van der Waals surface area contributed by atoms with Crippen molar-refractivity contribution in [3.8, 4) is 0 Å². The van der Waals surface area contributed by atoms with Gasteiger partial charge in [0.1, 0.15) is 0 Å². The highest BCUT2D eigenvalue weighted by Gasteiger charge is 2.24. The lowest BCUT2D eigenvalue weighted by atomic mass is 10.1. The second-order valence-corrected chi connectivity index (χ2v) is 4.29. The first kappa shape index (κ1) is 12.0. The predicted molar refractivity (Wildman–Crippen MR) is 60.5 cm³/mol. The summed E-state index contributed by atoms with van der Waals surface area (Å²) in [5.41, 5.74) is 0. The predicted octanol–water partition coefficient (Wildman–Crippen LogP) is 2.58. The van der Waals surface area contributed by atoms with Gasteiger partial charge in [-0.1, -0.05) is 19.8 Å². The highest BCUT2D eigenvalue weighted by atomic mass is 16.5. The molecule has 1 atom stereocenters. The van der Waals surface area contributed by atoms with E-state index in [-0.39, 0.29) is 0 Å². The minimum Gasteiger partial charge on any atom is -0.382 e. The Bertz CT molecular complexity index is 134. The van der Waals surface area contributed by atoms with Crippen molar-refractivity contribution < 1.29 is 4.74 Å². The van der Waals surface area contributed by atoms with Crippen molar-refractivity contribution in [2.24, 2.45) is 5.92 Å². The van der Waals surface area contributed by atoms with Crippen LogP contribution in [0, 0.1) is 5.92 Å². The fourth-order valence-corrected chi connectivity index (χ4v) is 1.78. The van der Waals surface area contributed by atoms with Gasteiger partial charge in [0, 0.05) is 19.3 Å². The smallest absolute Gasteiger partial charge is 0.0477 e. The molecule has 0 aromatic heterocycles. The maximum absolute atomic E-state index is 5.30. The van der Waals surface area contributed by atoms with E-state index in [0.717, 1.165) is 38.1 Å². The van der Waals surface area contributed by atoms with Gasteiger partial charge in [-0.2, -0.15) is 0 Å². The van der Waals surface area contributed by atoms with E-state index in [1.807, 2.05) is 0 Å². The molecule has 0 aromatic carbocycles. The highest BCUT2D eigenvalue weighted by molar-refractivity contribution is 4.79. The average molecular weight is 199 g/mol. The summed E-state index contributed by atoms with van der Waals surface area (Å²) >= 11 is 0. The van der Waals surface area contributed by atoms with Gasteiger partial charge in [-0.25, -0.2) is 0 Å². The molecule has 1 fully saturated rings. The van der Waals surface area contributed by atoms with Gasteiger partial charge in [-0.05, 0) is 38.6 Å². The summed E-state index contributed by atoms with van der Waals surface area (Å²) in [6.07, 6.45) is 6.75. The van der Waals surface area contributed by atoms with Crippen LogP contribution in [0.2, 0.25) is 0 Å². The molecule has 1 aliphatic rings. The molecule has 0 spiro atoms. The molecule has 1 N–H and O–H groups in total. The van der Waals surface area contributed by atoms with Crippen LogP contribution in [0.4, 0.5) is 0 Å². The first-order chi connectivity index (χ1) is 6.86. The highest BCUT2D eigenvalue weighted by Crippen LogP contribution is 2.33. The van der Waals surface area contributed by atoms with Gasteiger partial charge in [0.25, 0.3) is 0 Å². The molecule has 84 valence electrons. The van der Waals surface area contributed by atoms with E-state index >= 15 is 0 Å². The topological polar surface area (TPSA) is 21.3 Å². The molecule has 1 rings (SSSR count). The summed E-state index contributed by atoms with van der Waals surface area (Å²) in [4.78, 5) is 0. The van der Waals surface area contributed by atoms with Gasteiger partial charge in [0.05, 0.1) is 0 Å².